The third-order valence-electron chi connectivity index (χ3n) is 1.97. The van der Waals surface area contributed by atoms with Gasteiger partial charge in [0.2, 0.25) is 0 Å². The van der Waals surface area contributed by atoms with Crippen LogP contribution in [-0.2, 0) is 0 Å². The number of halogens is 1. The molecule has 0 saturated carbocycles. The Balaban J connectivity index is 2.77. The predicted molar refractivity (Wildman–Crippen MR) is 65.8 cm³/mol. The predicted octanol–water partition coefficient (Wildman–Crippen LogP) is 3.39. The highest BCUT2D eigenvalue weighted by atomic mass is 127. The lowest BCUT2D eigenvalue weighted by atomic mass is 10.2. The Hall–Kier alpha value is -0.800. The highest BCUT2D eigenvalue weighted by molar-refractivity contribution is 14.1. The molecule has 1 heterocycles. The minimum Gasteiger partial charge on any atom is -0.496 e. The molecule has 0 unspecified atom stereocenters. The van der Waals surface area contributed by atoms with Crippen molar-refractivity contribution in [1.29, 1.82) is 5.26 Å². The van der Waals surface area contributed by atoms with Gasteiger partial charge in [-0.2, -0.15) is 5.26 Å². The second-order valence-corrected chi connectivity index (χ2v) is 4.82. The second kappa shape index (κ2) is 3.75. The maximum atomic E-state index is 8.86. The lowest BCUT2D eigenvalue weighted by Crippen LogP contribution is -1.85. The molecule has 4 heteroatoms. The van der Waals surface area contributed by atoms with Crippen LogP contribution in [0.2, 0.25) is 0 Å². The van der Waals surface area contributed by atoms with Gasteiger partial charge >= 0.3 is 0 Å². The van der Waals surface area contributed by atoms with E-state index in [0.717, 1.165) is 25.0 Å². The first-order chi connectivity index (χ1) is 6.76. The molecule has 14 heavy (non-hydrogen) atoms. The van der Waals surface area contributed by atoms with Gasteiger partial charge in [-0.3, -0.25) is 0 Å². The van der Waals surface area contributed by atoms with E-state index in [0.29, 0.717) is 0 Å². The van der Waals surface area contributed by atoms with E-state index in [9.17, 15) is 0 Å². The van der Waals surface area contributed by atoms with Crippen LogP contribution >= 0.6 is 33.9 Å². The number of benzene rings is 1. The standard InChI is InChI=1S/C10H6INOS/c1-13-9-3-10-7(2-8(9)11)6(4-12)5-14-10/h2-3,5H,1H3. The number of hydrogen-bond donors (Lipinski definition) is 0. The number of rotatable bonds is 1. The number of nitrogens with zero attached hydrogens (tertiary/aromatic N) is 1. The fourth-order valence-corrected chi connectivity index (χ4v) is 2.85. The smallest absolute Gasteiger partial charge is 0.133 e. The Morgan fingerprint density at radius 1 is 1.50 bits per heavy atom. The SMILES string of the molecule is COc1cc2scc(C#N)c2cc1I. The molecule has 0 amide bonds. The number of ether oxygens (including phenoxy) is 1. The molecule has 0 atom stereocenters. The van der Waals surface area contributed by atoms with Gasteiger partial charge in [0, 0.05) is 15.5 Å². The molecule has 2 aromatic rings. The Labute approximate surface area is 99.3 Å². The van der Waals surface area contributed by atoms with Crippen LogP contribution in [0.1, 0.15) is 5.56 Å². The molecule has 0 spiro atoms. The van der Waals surface area contributed by atoms with Crippen molar-refractivity contribution in [2.24, 2.45) is 0 Å². The van der Waals surface area contributed by atoms with Crippen molar-refractivity contribution in [3.8, 4) is 11.8 Å². The lowest BCUT2D eigenvalue weighted by molar-refractivity contribution is 0.412. The van der Waals surface area contributed by atoms with Gasteiger partial charge in [-0.25, -0.2) is 0 Å². The molecule has 0 aliphatic carbocycles. The molecule has 0 N–H and O–H groups in total. The van der Waals surface area contributed by atoms with E-state index in [4.69, 9.17) is 10.00 Å². The van der Waals surface area contributed by atoms with Crippen LogP contribution in [0.3, 0.4) is 0 Å². The maximum absolute atomic E-state index is 8.86. The van der Waals surface area contributed by atoms with Crippen molar-refractivity contribution in [2.75, 3.05) is 7.11 Å². The average molecular weight is 315 g/mol. The van der Waals surface area contributed by atoms with E-state index in [-0.39, 0.29) is 0 Å². The summed E-state index contributed by atoms with van der Waals surface area (Å²) in [5.74, 6) is 0.865. The summed E-state index contributed by atoms with van der Waals surface area (Å²) in [6.07, 6.45) is 0. The fraction of sp³-hybridized carbons (Fsp3) is 0.100. The van der Waals surface area contributed by atoms with E-state index < -0.39 is 0 Å². The van der Waals surface area contributed by atoms with Crippen molar-refractivity contribution < 1.29 is 4.74 Å². The fourth-order valence-electron chi connectivity index (χ4n) is 1.27. The van der Waals surface area contributed by atoms with Crippen molar-refractivity contribution in [3.63, 3.8) is 0 Å². The number of fused-ring (bicyclic) bond motifs is 1. The zero-order valence-electron chi connectivity index (χ0n) is 7.37. The highest BCUT2D eigenvalue weighted by Crippen LogP contribution is 2.32. The molecular weight excluding hydrogens is 309 g/mol. The molecular formula is C10H6INOS. The summed E-state index contributed by atoms with van der Waals surface area (Å²) in [5, 5.41) is 11.8. The minimum atomic E-state index is 0.741. The van der Waals surface area contributed by atoms with Gasteiger partial charge in [0.05, 0.1) is 16.2 Å². The van der Waals surface area contributed by atoms with E-state index in [2.05, 4.69) is 28.7 Å². The quantitative estimate of drug-likeness (QED) is 0.756. The van der Waals surface area contributed by atoms with E-state index in [1.165, 1.54) is 0 Å². The summed E-state index contributed by atoms with van der Waals surface area (Å²) < 4.78 is 7.34. The zero-order valence-corrected chi connectivity index (χ0v) is 10.3. The molecule has 0 aliphatic heterocycles. The number of nitriles is 1. The topological polar surface area (TPSA) is 33.0 Å². The van der Waals surface area contributed by atoms with E-state index in [1.54, 1.807) is 18.4 Å². The van der Waals surface area contributed by atoms with Crippen LogP contribution in [0.15, 0.2) is 17.5 Å². The van der Waals surface area contributed by atoms with Crippen molar-refractivity contribution in [3.05, 3.63) is 26.6 Å². The molecule has 1 aromatic carbocycles. The summed E-state index contributed by atoms with van der Waals surface area (Å²) in [5.41, 5.74) is 0.741. The average Bonchev–Trinajstić information content (AvgIpc) is 2.58. The van der Waals surface area contributed by atoms with Crippen LogP contribution in [0.5, 0.6) is 5.75 Å². The van der Waals surface area contributed by atoms with Crippen LogP contribution < -0.4 is 4.74 Å². The zero-order chi connectivity index (χ0) is 10.1. The van der Waals surface area contributed by atoms with E-state index >= 15 is 0 Å². The number of hydrogen-bond acceptors (Lipinski definition) is 3. The highest BCUT2D eigenvalue weighted by Gasteiger charge is 2.07. The van der Waals surface area contributed by atoms with Gasteiger partial charge in [0.1, 0.15) is 11.8 Å². The number of thiophene rings is 1. The van der Waals surface area contributed by atoms with Crippen LogP contribution in [0, 0.1) is 14.9 Å². The van der Waals surface area contributed by atoms with Gasteiger partial charge < -0.3 is 4.74 Å². The number of methoxy groups -OCH3 is 1. The summed E-state index contributed by atoms with van der Waals surface area (Å²) in [7, 11) is 1.65. The largest absolute Gasteiger partial charge is 0.496 e. The first-order valence-electron chi connectivity index (χ1n) is 3.91. The molecule has 0 fully saturated rings. The van der Waals surface area contributed by atoms with Gasteiger partial charge in [-0.15, -0.1) is 11.3 Å². The Kier molecular flexibility index (Phi) is 2.61. The first kappa shape index (κ1) is 9.74. The molecule has 1 aromatic heterocycles. The maximum Gasteiger partial charge on any atom is 0.133 e. The van der Waals surface area contributed by atoms with Crippen LogP contribution in [0.25, 0.3) is 10.1 Å². The summed E-state index contributed by atoms with van der Waals surface area (Å²) in [6, 6.07) is 6.15. The molecule has 0 bridgehead atoms. The minimum absolute atomic E-state index is 0.741. The summed E-state index contributed by atoms with van der Waals surface area (Å²) >= 11 is 3.78. The monoisotopic (exact) mass is 315 g/mol. The lowest BCUT2D eigenvalue weighted by Gasteiger charge is -2.02. The van der Waals surface area contributed by atoms with Gasteiger partial charge in [0.15, 0.2) is 0 Å². The molecule has 0 saturated heterocycles. The van der Waals surface area contributed by atoms with Crippen molar-refractivity contribution in [1.82, 2.24) is 0 Å². The van der Waals surface area contributed by atoms with Crippen molar-refractivity contribution >= 4 is 44.0 Å². The second-order valence-electron chi connectivity index (χ2n) is 2.74. The summed E-state index contributed by atoms with van der Waals surface area (Å²) in [6.45, 7) is 0. The summed E-state index contributed by atoms with van der Waals surface area (Å²) in [4.78, 5) is 0. The Morgan fingerprint density at radius 2 is 2.29 bits per heavy atom. The molecule has 0 radical (unpaired) electrons. The third kappa shape index (κ3) is 1.47. The third-order valence-corrected chi connectivity index (χ3v) is 3.76. The van der Waals surface area contributed by atoms with Crippen molar-refractivity contribution in [2.45, 2.75) is 0 Å². The van der Waals surface area contributed by atoms with Crippen LogP contribution in [0.4, 0.5) is 0 Å². The normalized spacial score (nSPS) is 10.1. The molecule has 0 aliphatic rings. The van der Waals surface area contributed by atoms with Gasteiger partial charge in [-0.05, 0) is 34.7 Å². The molecule has 2 nitrogen and oxygen atoms in total. The van der Waals surface area contributed by atoms with Gasteiger partial charge in [0.25, 0.3) is 0 Å². The van der Waals surface area contributed by atoms with Gasteiger partial charge in [-0.1, -0.05) is 0 Å². The first-order valence-corrected chi connectivity index (χ1v) is 5.87. The molecule has 70 valence electrons. The molecule has 2 rings (SSSR count). The Morgan fingerprint density at radius 3 is 2.93 bits per heavy atom. The van der Waals surface area contributed by atoms with E-state index in [1.807, 2.05) is 17.5 Å². The Bertz CT molecular complexity index is 527. The van der Waals surface area contributed by atoms with Crippen LogP contribution in [-0.4, -0.2) is 7.11 Å².